The minimum absolute atomic E-state index is 0.451. The molecule has 0 saturated carbocycles. The van der Waals surface area contributed by atoms with Crippen molar-refractivity contribution in [1.82, 2.24) is 9.78 Å². The highest BCUT2D eigenvalue weighted by Gasteiger charge is 2.02. The van der Waals surface area contributed by atoms with Gasteiger partial charge in [0.2, 0.25) is 0 Å². The van der Waals surface area contributed by atoms with Gasteiger partial charge in [0.1, 0.15) is 5.75 Å². The first-order valence-corrected chi connectivity index (χ1v) is 5.09. The van der Waals surface area contributed by atoms with Gasteiger partial charge in [-0.25, -0.2) is 0 Å². The molecule has 2 rings (SSSR count). The summed E-state index contributed by atoms with van der Waals surface area (Å²) in [6.45, 7) is 1.73. The van der Waals surface area contributed by atoms with Crippen LogP contribution in [-0.4, -0.2) is 14.9 Å². The normalized spacial score (nSPS) is 12.4. The molecule has 0 unspecified atom stereocenters. The number of aryl methyl sites for hydroxylation is 1. The van der Waals surface area contributed by atoms with E-state index in [1.165, 1.54) is 0 Å². The summed E-state index contributed by atoms with van der Waals surface area (Å²) in [7, 11) is 1.84. The van der Waals surface area contributed by atoms with E-state index in [2.05, 4.69) is 5.10 Å². The van der Waals surface area contributed by atoms with Gasteiger partial charge >= 0.3 is 0 Å². The van der Waals surface area contributed by atoms with Crippen molar-refractivity contribution in [3.63, 3.8) is 0 Å². The molecule has 0 aliphatic carbocycles. The third-order valence-corrected chi connectivity index (χ3v) is 2.28. The Balaban J connectivity index is 2.11. The van der Waals surface area contributed by atoms with E-state index in [-0.39, 0.29) is 0 Å². The number of nitrogens with zero attached hydrogens (tertiary/aromatic N) is 2. The Morgan fingerprint density at radius 3 is 2.44 bits per heavy atom. The molecule has 0 bridgehead atoms. The van der Waals surface area contributed by atoms with Crippen molar-refractivity contribution >= 4 is 0 Å². The van der Waals surface area contributed by atoms with Crippen LogP contribution in [0.3, 0.4) is 0 Å². The lowest BCUT2D eigenvalue weighted by Crippen LogP contribution is -1.90. The van der Waals surface area contributed by atoms with Gasteiger partial charge in [0, 0.05) is 7.05 Å². The van der Waals surface area contributed by atoms with E-state index in [0.717, 1.165) is 11.3 Å². The van der Waals surface area contributed by atoms with Crippen LogP contribution in [-0.2, 0) is 7.05 Å². The van der Waals surface area contributed by atoms with Gasteiger partial charge in [-0.3, -0.25) is 4.68 Å². The third-order valence-electron chi connectivity index (χ3n) is 2.28. The molecular formula is C12H14N2O2. The highest BCUT2D eigenvalue weighted by molar-refractivity contribution is 5.31. The van der Waals surface area contributed by atoms with Gasteiger partial charge in [-0.15, -0.1) is 0 Å². The van der Waals surface area contributed by atoms with Gasteiger partial charge in [-0.2, -0.15) is 5.10 Å². The molecule has 1 aromatic heterocycles. The number of aliphatic hydroxyl groups excluding tert-OH is 1. The summed E-state index contributed by atoms with van der Waals surface area (Å²) in [5.74, 6) is 1.43. The number of aliphatic hydroxyl groups is 1. The summed E-state index contributed by atoms with van der Waals surface area (Å²) in [6.07, 6.45) is 3.00. The van der Waals surface area contributed by atoms with Gasteiger partial charge in [-0.1, -0.05) is 12.1 Å². The molecule has 0 saturated heterocycles. The van der Waals surface area contributed by atoms with Crippen LogP contribution in [0.15, 0.2) is 36.7 Å². The van der Waals surface area contributed by atoms with E-state index in [0.29, 0.717) is 5.75 Å². The van der Waals surface area contributed by atoms with E-state index in [4.69, 9.17) is 4.74 Å². The lowest BCUT2D eigenvalue weighted by atomic mass is 10.1. The Hall–Kier alpha value is -1.81. The van der Waals surface area contributed by atoms with Crippen molar-refractivity contribution in [2.75, 3.05) is 0 Å². The summed E-state index contributed by atoms with van der Waals surface area (Å²) < 4.78 is 7.25. The maximum absolute atomic E-state index is 9.35. The minimum atomic E-state index is -0.451. The molecule has 84 valence electrons. The molecule has 1 heterocycles. The Morgan fingerprint density at radius 1 is 1.25 bits per heavy atom. The SMILES string of the molecule is C[C@@H](O)c1ccc(Oc2cnn(C)c2)cc1. The first-order chi connectivity index (χ1) is 7.65. The smallest absolute Gasteiger partial charge is 0.165 e. The molecule has 0 amide bonds. The molecule has 0 fully saturated rings. The zero-order valence-electron chi connectivity index (χ0n) is 9.29. The van der Waals surface area contributed by atoms with Crippen LogP contribution >= 0.6 is 0 Å². The lowest BCUT2D eigenvalue weighted by molar-refractivity contribution is 0.199. The molecule has 0 aliphatic rings. The van der Waals surface area contributed by atoms with Crippen molar-refractivity contribution in [3.8, 4) is 11.5 Å². The van der Waals surface area contributed by atoms with E-state index in [1.54, 1.807) is 24.0 Å². The Labute approximate surface area is 94.1 Å². The largest absolute Gasteiger partial charge is 0.454 e. The van der Waals surface area contributed by atoms with E-state index in [9.17, 15) is 5.11 Å². The minimum Gasteiger partial charge on any atom is -0.454 e. The molecule has 4 nitrogen and oxygen atoms in total. The fraction of sp³-hybridized carbons (Fsp3) is 0.250. The highest BCUT2D eigenvalue weighted by atomic mass is 16.5. The maximum Gasteiger partial charge on any atom is 0.165 e. The van der Waals surface area contributed by atoms with Gasteiger partial charge < -0.3 is 9.84 Å². The van der Waals surface area contributed by atoms with Crippen LogP contribution in [0.4, 0.5) is 0 Å². The van der Waals surface area contributed by atoms with Gasteiger partial charge in [0.15, 0.2) is 5.75 Å². The van der Waals surface area contributed by atoms with Gasteiger partial charge in [0.05, 0.1) is 18.5 Å². The molecule has 0 aliphatic heterocycles. The number of aromatic nitrogens is 2. The predicted octanol–water partition coefficient (Wildman–Crippen LogP) is 2.27. The van der Waals surface area contributed by atoms with Crippen LogP contribution < -0.4 is 4.74 Å². The zero-order chi connectivity index (χ0) is 11.5. The standard InChI is InChI=1S/C12H14N2O2/c1-9(15)10-3-5-11(6-4-10)16-12-7-13-14(2)8-12/h3-9,15H,1-2H3/t9-/m1/s1. The molecule has 1 atom stereocenters. The molecule has 0 spiro atoms. The molecule has 16 heavy (non-hydrogen) atoms. The number of hydrogen-bond acceptors (Lipinski definition) is 3. The number of rotatable bonds is 3. The monoisotopic (exact) mass is 218 g/mol. The molecule has 4 heteroatoms. The van der Waals surface area contributed by atoms with Crippen LogP contribution in [0.5, 0.6) is 11.5 Å². The summed E-state index contributed by atoms with van der Waals surface area (Å²) in [6, 6.07) is 7.34. The molecule has 1 aromatic carbocycles. The van der Waals surface area contributed by atoms with Crippen LogP contribution in [0.2, 0.25) is 0 Å². The molecule has 2 aromatic rings. The van der Waals surface area contributed by atoms with Gasteiger partial charge in [0.25, 0.3) is 0 Å². The molecular weight excluding hydrogens is 204 g/mol. The van der Waals surface area contributed by atoms with E-state index >= 15 is 0 Å². The molecule has 1 N–H and O–H groups in total. The van der Waals surface area contributed by atoms with E-state index in [1.807, 2.05) is 31.3 Å². The quantitative estimate of drug-likeness (QED) is 0.859. The third kappa shape index (κ3) is 2.41. The van der Waals surface area contributed by atoms with Crippen molar-refractivity contribution in [2.24, 2.45) is 7.05 Å². The Kier molecular flexibility index (Phi) is 2.92. The van der Waals surface area contributed by atoms with E-state index < -0.39 is 6.10 Å². The first-order valence-electron chi connectivity index (χ1n) is 5.09. The van der Waals surface area contributed by atoms with Crippen LogP contribution in [0, 0.1) is 0 Å². The lowest BCUT2D eigenvalue weighted by Gasteiger charge is -2.06. The fourth-order valence-corrected chi connectivity index (χ4v) is 1.40. The number of ether oxygens (including phenoxy) is 1. The maximum atomic E-state index is 9.35. The highest BCUT2D eigenvalue weighted by Crippen LogP contribution is 2.22. The van der Waals surface area contributed by atoms with Crippen molar-refractivity contribution in [3.05, 3.63) is 42.2 Å². The second-order valence-electron chi connectivity index (χ2n) is 3.70. The average molecular weight is 218 g/mol. The number of hydrogen-bond donors (Lipinski definition) is 1. The Morgan fingerprint density at radius 2 is 1.94 bits per heavy atom. The van der Waals surface area contributed by atoms with Crippen molar-refractivity contribution in [2.45, 2.75) is 13.0 Å². The van der Waals surface area contributed by atoms with Gasteiger partial charge in [-0.05, 0) is 24.6 Å². The summed E-state index contributed by atoms with van der Waals surface area (Å²) in [5, 5.41) is 13.4. The number of benzene rings is 1. The summed E-state index contributed by atoms with van der Waals surface area (Å²) in [4.78, 5) is 0. The molecule has 0 radical (unpaired) electrons. The summed E-state index contributed by atoms with van der Waals surface area (Å²) >= 11 is 0. The van der Waals surface area contributed by atoms with Crippen LogP contribution in [0.1, 0.15) is 18.6 Å². The topological polar surface area (TPSA) is 47.3 Å². The summed E-state index contributed by atoms with van der Waals surface area (Å²) in [5.41, 5.74) is 0.874. The predicted molar refractivity (Wildman–Crippen MR) is 60.4 cm³/mol. The second-order valence-corrected chi connectivity index (χ2v) is 3.70. The Bertz CT molecular complexity index is 460. The zero-order valence-corrected chi connectivity index (χ0v) is 9.29. The van der Waals surface area contributed by atoms with Crippen molar-refractivity contribution < 1.29 is 9.84 Å². The van der Waals surface area contributed by atoms with Crippen LogP contribution in [0.25, 0.3) is 0 Å². The first kappa shape index (κ1) is 10.7. The van der Waals surface area contributed by atoms with Crippen molar-refractivity contribution in [1.29, 1.82) is 0 Å². The second kappa shape index (κ2) is 4.37. The fourth-order valence-electron chi connectivity index (χ4n) is 1.40. The average Bonchev–Trinajstić information content (AvgIpc) is 2.65.